The molecule has 0 radical (unpaired) electrons. The lowest BCUT2D eigenvalue weighted by Crippen LogP contribution is -2.55. The van der Waals surface area contributed by atoms with Gasteiger partial charge < -0.3 is 10.1 Å². The van der Waals surface area contributed by atoms with Crippen LogP contribution in [0.5, 0.6) is 5.75 Å². The molecular formula is C26H27ClN2O4S. The van der Waals surface area contributed by atoms with Gasteiger partial charge in [0.05, 0.1) is 17.1 Å². The summed E-state index contributed by atoms with van der Waals surface area (Å²) in [6.07, 6.45) is -0.409. The summed E-state index contributed by atoms with van der Waals surface area (Å²) in [7, 11) is -3.95. The molecule has 1 heterocycles. The van der Waals surface area contributed by atoms with Gasteiger partial charge in [0.25, 0.3) is 15.9 Å². The average molecular weight is 499 g/mol. The monoisotopic (exact) mass is 498 g/mol. The smallest absolute Gasteiger partial charge is 0.264 e. The van der Waals surface area contributed by atoms with Crippen molar-refractivity contribution < 1.29 is 17.9 Å². The van der Waals surface area contributed by atoms with E-state index >= 15 is 0 Å². The third kappa shape index (κ3) is 5.21. The standard InChI is InChI=1S/C26H27ClN2O4S/c1-18-9-12-21(13-10-18)34(31,32)29-17-24(33-23-14-11-20(27)15-22(23)29)25(30)28-26(2,3)16-19-7-5-4-6-8-19/h4-15,24H,16-17H2,1-3H3,(H,28,30)/t24-/m0/s1. The number of carbonyl (C=O) groups excluding carboxylic acids is 1. The van der Waals surface area contributed by atoms with Gasteiger partial charge in [0.1, 0.15) is 5.75 Å². The highest BCUT2D eigenvalue weighted by molar-refractivity contribution is 7.92. The molecule has 3 aromatic rings. The molecule has 34 heavy (non-hydrogen) atoms. The van der Waals surface area contributed by atoms with E-state index in [9.17, 15) is 13.2 Å². The van der Waals surface area contributed by atoms with E-state index < -0.39 is 21.7 Å². The number of nitrogens with zero attached hydrogens (tertiary/aromatic N) is 1. The van der Waals surface area contributed by atoms with E-state index in [4.69, 9.17) is 16.3 Å². The van der Waals surface area contributed by atoms with Crippen molar-refractivity contribution in [2.75, 3.05) is 10.8 Å². The highest BCUT2D eigenvalue weighted by atomic mass is 35.5. The molecule has 0 aliphatic carbocycles. The van der Waals surface area contributed by atoms with Crippen LogP contribution in [0.4, 0.5) is 5.69 Å². The number of carbonyl (C=O) groups is 1. The van der Waals surface area contributed by atoms with Crippen molar-refractivity contribution in [3.05, 3.63) is 88.9 Å². The zero-order chi connectivity index (χ0) is 24.5. The summed E-state index contributed by atoms with van der Waals surface area (Å²) < 4.78 is 34.3. The van der Waals surface area contributed by atoms with Gasteiger partial charge in [-0.15, -0.1) is 0 Å². The molecule has 1 amide bonds. The van der Waals surface area contributed by atoms with Crippen LogP contribution in [0.15, 0.2) is 77.7 Å². The lowest BCUT2D eigenvalue weighted by Gasteiger charge is -2.36. The van der Waals surface area contributed by atoms with E-state index in [0.29, 0.717) is 17.1 Å². The van der Waals surface area contributed by atoms with Crippen molar-refractivity contribution in [2.24, 2.45) is 0 Å². The minimum atomic E-state index is -3.95. The van der Waals surface area contributed by atoms with Crippen LogP contribution in [0.2, 0.25) is 5.02 Å². The molecule has 1 atom stereocenters. The number of nitrogens with one attached hydrogen (secondary N) is 1. The maximum atomic E-state index is 13.6. The summed E-state index contributed by atoms with van der Waals surface area (Å²) >= 11 is 6.17. The molecule has 0 fully saturated rings. The van der Waals surface area contributed by atoms with E-state index in [-0.39, 0.29) is 23.1 Å². The average Bonchev–Trinajstić information content (AvgIpc) is 2.78. The number of sulfonamides is 1. The topological polar surface area (TPSA) is 75.7 Å². The van der Waals surface area contributed by atoms with Gasteiger partial charge in [0.2, 0.25) is 0 Å². The van der Waals surface area contributed by atoms with Crippen molar-refractivity contribution >= 4 is 33.2 Å². The normalized spacial score (nSPS) is 15.9. The number of fused-ring (bicyclic) bond motifs is 1. The van der Waals surface area contributed by atoms with E-state index in [0.717, 1.165) is 11.1 Å². The molecule has 1 N–H and O–H groups in total. The largest absolute Gasteiger partial charge is 0.476 e. The highest BCUT2D eigenvalue weighted by Gasteiger charge is 2.39. The van der Waals surface area contributed by atoms with Gasteiger partial charge in [-0.2, -0.15) is 0 Å². The second-order valence-corrected chi connectivity index (χ2v) is 11.4. The van der Waals surface area contributed by atoms with Gasteiger partial charge in [-0.1, -0.05) is 59.6 Å². The molecule has 0 spiro atoms. The maximum Gasteiger partial charge on any atom is 0.264 e. The van der Waals surface area contributed by atoms with E-state index in [1.54, 1.807) is 36.4 Å². The number of halogens is 1. The van der Waals surface area contributed by atoms with Crippen molar-refractivity contribution in [3.8, 4) is 5.75 Å². The van der Waals surface area contributed by atoms with Crippen molar-refractivity contribution in [1.82, 2.24) is 5.32 Å². The lowest BCUT2D eigenvalue weighted by atomic mass is 9.94. The second kappa shape index (κ2) is 9.31. The number of hydrogen-bond donors (Lipinski definition) is 1. The number of rotatable bonds is 6. The Morgan fingerprint density at radius 1 is 1.09 bits per heavy atom. The Balaban J connectivity index is 1.62. The summed E-state index contributed by atoms with van der Waals surface area (Å²) in [5.41, 5.74) is 1.77. The molecule has 1 aliphatic heterocycles. The number of anilines is 1. The molecule has 0 aromatic heterocycles. The molecule has 4 rings (SSSR count). The van der Waals surface area contributed by atoms with Crippen LogP contribution < -0.4 is 14.4 Å². The number of benzene rings is 3. The van der Waals surface area contributed by atoms with Crippen LogP contribution >= 0.6 is 11.6 Å². The summed E-state index contributed by atoms with van der Waals surface area (Å²) in [6, 6.07) is 21.2. The Hall–Kier alpha value is -3.03. The molecule has 178 valence electrons. The Labute approximate surface area is 205 Å². The number of hydrogen-bond acceptors (Lipinski definition) is 4. The molecule has 3 aromatic carbocycles. The van der Waals surface area contributed by atoms with Crippen molar-refractivity contribution in [1.29, 1.82) is 0 Å². The minimum Gasteiger partial charge on any atom is -0.476 e. The van der Waals surface area contributed by atoms with E-state index in [2.05, 4.69) is 5.32 Å². The zero-order valence-electron chi connectivity index (χ0n) is 19.3. The Kier molecular flexibility index (Phi) is 6.60. The lowest BCUT2D eigenvalue weighted by molar-refractivity contribution is -0.129. The third-order valence-corrected chi connectivity index (χ3v) is 7.67. The molecular weight excluding hydrogens is 472 g/mol. The SMILES string of the molecule is Cc1ccc(S(=O)(=O)N2C[C@@H](C(=O)NC(C)(C)Cc3ccccc3)Oc3ccc(Cl)cc32)cc1. The fourth-order valence-corrected chi connectivity index (χ4v) is 5.62. The van der Waals surface area contributed by atoms with Crippen molar-refractivity contribution in [2.45, 2.75) is 43.7 Å². The molecule has 0 unspecified atom stereocenters. The summed E-state index contributed by atoms with van der Waals surface area (Å²) in [6.45, 7) is 5.57. The molecule has 0 saturated heterocycles. The predicted molar refractivity (Wildman–Crippen MR) is 134 cm³/mol. The van der Waals surface area contributed by atoms with Gasteiger partial charge in [0.15, 0.2) is 6.10 Å². The quantitative estimate of drug-likeness (QED) is 0.532. The summed E-state index contributed by atoms with van der Waals surface area (Å²) in [5, 5.41) is 3.40. The predicted octanol–water partition coefficient (Wildman–Crippen LogP) is 4.74. The first-order valence-corrected chi connectivity index (χ1v) is 12.8. The maximum absolute atomic E-state index is 13.6. The van der Waals surface area contributed by atoms with Crippen LogP contribution in [-0.4, -0.2) is 32.5 Å². The fraction of sp³-hybridized carbons (Fsp3) is 0.269. The van der Waals surface area contributed by atoms with Crippen LogP contribution in [0.25, 0.3) is 0 Å². The minimum absolute atomic E-state index is 0.134. The number of amides is 1. The summed E-state index contributed by atoms with van der Waals surface area (Å²) in [5.74, 6) is -0.0991. The molecule has 1 aliphatic rings. The zero-order valence-corrected chi connectivity index (χ0v) is 20.9. The van der Waals surface area contributed by atoms with Crippen LogP contribution in [-0.2, 0) is 21.2 Å². The van der Waals surface area contributed by atoms with Gasteiger partial charge in [-0.05, 0) is 63.1 Å². The molecule has 0 bridgehead atoms. The summed E-state index contributed by atoms with van der Waals surface area (Å²) in [4.78, 5) is 13.4. The number of ether oxygens (including phenoxy) is 1. The van der Waals surface area contributed by atoms with Crippen LogP contribution in [0.1, 0.15) is 25.0 Å². The number of aryl methyl sites for hydroxylation is 1. The molecule has 8 heteroatoms. The van der Waals surface area contributed by atoms with Gasteiger partial charge in [-0.3, -0.25) is 9.10 Å². The fourth-order valence-electron chi connectivity index (χ4n) is 3.99. The highest BCUT2D eigenvalue weighted by Crippen LogP contribution is 2.39. The Bertz CT molecular complexity index is 1290. The molecule has 6 nitrogen and oxygen atoms in total. The van der Waals surface area contributed by atoms with Gasteiger partial charge >= 0.3 is 0 Å². The first kappa shape index (κ1) is 24.1. The van der Waals surface area contributed by atoms with Crippen LogP contribution in [0, 0.1) is 6.92 Å². The Morgan fingerprint density at radius 2 is 1.76 bits per heavy atom. The van der Waals surface area contributed by atoms with Crippen molar-refractivity contribution in [3.63, 3.8) is 0 Å². The van der Waals surface area contributed by atoms with Gasteiger partial charge in [-0.25, -0.2) is 8.42 Å². The Morgan fingerprint density at radius 3 is 2.44 bits per heavy atom. The first-order chi connectivity index (χ1) is 16.0. The van der Waals surface area contributed by atoms with E-state index in [1.165, 1.54) is 10.4 Å². The third-order valence-electron chi connectivity index (χ3n) is 5.64. The van der Waals surface area contributed by atoms with E-state index in [1.807, 2.05) is 51.1 Å². The first-order valence-electron chi connectivity index (χ1n) is 11.0. The van der Waals surface area contributed by atoms with Gasteiger partial charge in [0, 0.05) is 10.6 Å². The second-order valence-electron chi connectivity index (χ2n) is 9.10. The molecule has 0 saturated carbocycles. The van der Waals surface area contributed by atoms with Crippen LogP contribution in [0.3, 0.4) is 0 Å².